The zero-order chi connectivity index (χ0) is 16.1. The molecule has 1 aliphatic heterocycles. The van der Waals surface area contributed by atoms with E-state index in [0.29, 0.717) is 6.54 Å². The summed E-state index contributed by atoms with van der Waals surface area (Å²) in [5, 5.41) is 5.96. The number of hydrogen-bond acceptors (Lipinski definition) is 3. The first-order valence-electron chi connectivity index (χ1n) is 7.60. The van der Waals surface area contributed by atoms with Crippen molar-refractivity contribution in [2.24, 2.45) is 5.73 Å². The lowest BCUT2D eigenvalue weighted by atomic mass is 9.98. The van der Waals surface area contributed by atoms with Gasteiger partial charge in [0.25, 0.3) is 0 Å². The molecule has 0 saturated carbocycles. The van der Waals surface area contributed by atoms with Crippen LogP contribution >= 0.6 is 0 Å². The van der Waals surface area contributed by atoms with E-state index >= 15 is 0 Å². The fourth-order valence-corrected chi connectivity index (χ4v) is 2.89. The standard InChI is InChI=1S/C16H24N4O2/c1-11-5-3-4-6-13(11)14(19-16(17)22)9-15(21)20-8-7-18-10-12(20)2/h3-6,12,14,18H,7-10H2,1-2H3,(H3,17,19,22)/t12-,14+/m1/s1. The summed E-state index contributed by atoms with van der Waals surface area (Å²) < 4.78 is 0. The molecule has 3 amide bonds. The van der Waals surface area contributed by atoms with Crippen LogP contribution in [-0.2, 0) is 4.79 Å². The van der Waals surface area contributed by atoms with Gasteiger partial charge in [-0.2, -0.15) is 0 Å². The zero-order valence-electron chi connectivity index (χ0n) is 13.1. The molecule has 2 atom stereocenters. The Balaban J connectivity index is 2.14. The van der Waals surface area contributed by atoms with E-state index in [1.54, 1.807) is 0 Å². The van der Waals surface area contributed by atoms with Crippen molar-refractivity contribution in [1.82, 2.24) is 15.5 Å². The molecule has 0 aliphatic carbocycles. The monoisotopic (exact) mass is 304 g/mol. The van der Waals surface area contributed by atoms with Crippen LogP contribution in [0.2, 0.25) is 0 Å². The summed E-state index contributed by atoms with van der Waals surface area (Å²) in [6, 6.07) is 6.86. The van der Waals surface area contributed by atoms with Crippen LogP contribution in [0.3, 0.4) is 0 Å². The second-order valence-electron chi connectivity index (χ2n) is 5.76. The lowest BCUT2D eigenvalue weighted by Gasteiger charge is -2.35. The van der Waals surface area contributed by atoms with E-state index in [-0.39, 0.29) is 18.4 Å². The highest BCUT2D eigenvalue weighted by Crippen LogP contribution is 2.22. The summed E-state index contributed by atoms with van der Waals surface area (Å²) >= 11 is 0. The third-order valence-electron chi connectivity index (χ3n) is 4.08. The highest BCUT2D eigenvalue weighted by atomic mass is 16.2. The van der Waals surface area contributed by atoms with Gasteiger partial charge in [0.1, 0.15) is 0 Å². The number of hydrogen-bond donors (Lipinski definition) is 3. The second-order valence-corrected chi connectivity index (χ2v) is 5.76. The Labute approximate surface area is 131 Å². The van der Waals surface area contributed by atoms with Crippen molar-refractivity contribution in [2.45, 2.75) is 32.4 Å². The lowest BCUT2D eigenvalue weighted by Crippen LogP contribution is -2.53. The van der Waals surface area contributed by atoms with E-state index < -0.39 is 12.1 Å². The first-order valence-corrected chi connectivity index (χ1v) is 7.60. The van der Waals surface area contributed by atoms with Crippen LogP contribution in [-0.4, -0.2) is 42.5 Å². The van der Waals surface area contributed by atoms with Crippen molar-refractivity contribution in [3.8, 4) is 0 Å². The second kappa shape index (κ2) is 7.26. The smallest absolute Gasteiger partial charge is 0.312 e. The number of nitrogens with two attached hydrogens (primary N) is 1. The average Bonchev–Trinajstić information content (AvgIpc) is 2.47. The largest absolute Gasteiger partial charge is 0.352 e. The first kappa shape index (κ1) is 16.3. The first-order chi connectivity index (χ1) is 10.5. The molecule has 22 heavy (non-hydrogen) atoms. The Bertz CT molecular complexity index is 547. The van der Waals surface area contributed by atoms with Crippen molar-refractivity contribution in [3.05, 3.63) is 35.4 Å². The van der Waals surface area contributed by atoms with E-state index in [9.17, 15) is 9.59 Å². The number of benzene rings is 1. The summed E-state index contributed by atoms with van der Waals surface area (Å²) in [5.74, 6) is 0.0380. The normalized spacial score (nSPS) is 19.5. The highest BCUT2D eigenvalue weighted by molar-refractivity contribution is 5.79. The molecule has 1 heterocycles. The summed E-state index contributed by atoms with van der Waals surface area (Å²) in [6.45, 7) is 6.27. The van der Waals surface area contributed by atoms with Crippen LogP contribution in [0.4, 0.5) is 4.79 Å². The number of amides is 3. The van der Waals surface area contributed by atoms with Crippen LogP contribution in [0.5, 0.6) is 0 Å². The number of carbonyl (C=O) groups excluding carboxylic acids is 2. The molecule has 1 aromatic rings. The Morgan fingerprint density at radius 2 is 2.18 bits per heavy atom. The highest BCUT2D eigenvalue weighted by Gasteiger charge is 2.26. The van der Waals surface area contributed by atoms with Gasteiger partial charge in [0.2, 0.25) is 5.91 Å². The third kappa shape index (κ3) is 3.98. The molecule has 4 N–H and O–H groups in total. The molecular formula is C16H24N4O2. The summed E-state index contributed by atoms with van der Waals surface area (Å²) in [7, 11) is 0. The minimum Gasteiger partial charge on any atom is -0.352 e. The molecule has 6 heteroatoms. The van der Waals surface area contributed by atoms with Crippen molar-refractivity contribution in [3.63, 3.8) is 0 Å². The van der Waals surface area contributed by atoms with E-state index in [1.807, 2.05) is 43.0 Å². The molecule has 0 radical (unpaired) electrons. The van der Waals surface area contributed by atoms with Gasteiger partial charge in [-0.05, 0) is 25.0 Å². The molecule has 1 aromatic carbocycles. The zero-order valence-corrected chi connectivity index (χ0v) is 13.1. The SMILES string of the molecule is Cc1ccccc1[C@H](CC(=O)N1CCNC[C@H]1C)NC(N)=O. The molecule has 0 unspecified atom stereocenters. The Hall–Kier alpha value is -2.08. The van der Waals surface area contributed by atoms with Gasteiger partial charge in [-0.25, -0.2) is 4.79 Å². The van der Waals surface area contributed by atoms with Gasteiger partial charge in [-0.15, -0.1) is 0 Å². The van der Waals surface area contributed by atoms with Crippen LogP contribution in [0.15, 0.2) is 24.3 Å². The number of aryl methyl sites for hydroxylation is 1. The van der Waals surface area contributed by atoms with E-state index in [1.165, 1.54) is 0 Å². The molecule has 6 nitrogen and oxygen atoms in total. The molecular weight excluding hydrogens is 280 g/mol. The molecule has 1 fully saturated rings. The van der Waals surface area contributed by atoms with Gasteiger partial charge in [0.05, 0.1) is 12.5 Å². The number of rotatable bonds is 4. The van der Waals surface area contributed by atoms with Crippen LogP contribution < -0.4 is 16.4 Å². The number of nitrogens with one attached hydrogen (secondary N) is 2. The van der Waals surface area contributed by atoms with Crippen molar-refractivity contribution < 1.29 is 9.59 Å². The van der Waals surface area contributed by atoms with Crippen LogP contribution in [0.25, 0.3) is 0 Å². The van der Waals surface area contributed by atoms with Crippen LogP contribution in [0, 0.1) is 6.92 Å². The van der Waals surface area contributed by atoms with Crippen molar-refractivity contribution >= 4 is 11.9 Å². The number of nitrogens with zero attached hydrogens (tertiary/aromatic N) is 1. The van der Waals surface area contributed by atoms with Gasteiger partial charge < -0.3 is 21.3 Å². The Morgan fingerprint density at radius 3 is 2.82 bits per heavy atom. The van der Waals surface area contributed by atoms with Gasteiger partial charge in [0.15, 0.2) is 0 Å². The summed E-state index contributed by atoms with van der Waals surface area (Å²) in [5.41, 5.74) is 7.24. The molecule has 0 spiro atoms. The topological polar surface area (TPSA) is 87.5 Å². The van der Waals surface area contributed by atoms with E-state index in [4.69, 9.17) is 5.73 Å². The molecule has 1 saturated heterocycles. The fourth-order valence-electron chi connectivity index (χ4n) is 2.89. The predicted octanol–water partition coefficient (Wildman–Crippen LogP) is 0.915. The fraction of sp³-hybridized carbons (Fsp3) is 0.500. The minimum atomic E-state index is -0.616. The molecule has 0 bridgehead atoms. The molecule has 120 valence electrons. The molecule has 0 aromatic heterocycles. The van der Waals surface area contributed by atoms with Crippen molar-refractivity contribution in [1.29, 1.82) is 0 Å². The van der Waals surface area contributed by atoms with E-state index in [0.717, 1.165) is 24.2 Å². The summed E-state index contributed by atoms with van der Waals surface area (Å²) in [4.78, 5) is 25.7. The Morgan fingerprint density at radius 1 is 1.45 bits per heavy atom. The van der Waals surface area contributed by atoms with Gasteiger partial charge in [-0.3, -0.25) is 4.79 Å². The van der Waals surface area contributed by atoms with E-state index in [2.05, 4.69) is 10.6 Å². The van der Waals surface area contributed by atoms with Gasteiger partial charge >= 0.3 is 6.03 Å². The maximum atomic E-state index is 12.6. The number of carbonyl (C=O) groups is 2. The minimum absolute atomic E-state index is 0.0380. The quantitative estimate of drug-likeness (QED) is 0.773. The summed E-state index contributed by atoms with van der Waals surface area (Å²) in [6.07, 6.45) is 0.220. The predicted molar refractivity (Wildman–Crippen MR) is 85.3 cm³/mol. The maximum Gasteiger partial charge on any atom is 0.312 e. The maximum absolute atomic E-state index is 12.6. The molecule has 2 rings (SSSR count). The van der Waals surface area contributed by atoms with Crippen molar-refractivity contribution in [2.75, 3.05) is 19.6 Å². The van der Waals surface area contributed by atoms with Gasteiger partial charge in [-0.1, -0.05) is 24.3 Å². The van der Waals surface area contributed by atoms with Gasteiger partial charge in [0, 0.05) is 25.7 Å². The van der Waals surface area contributed by atoms with Crippen LogP contribution in [0.1, 0.15) is 30.5 Å². The lowest BCUT2D eigenvalue weighted by molar-refractivity contribution is -0.134. The number of primary amides is 1. The molecule has 1 aliphatic rings. The number of piperazine rings is 1. The number of urea groups is 1. The average molecular weight is 304 g/mol. The Kier molecular flexibility index (Phi) is 5.38. The third-order valence-corrected chi connectivity index (χ3v) is 4.08.